The van der Waals surface area contributed by atoms with Gasteiger partial charge < -0.3 is 9.84 Å². The number of benzene rings is 1. The van der Waals surface area contributed by atoms with Crippen LogP contribution in [0, 0.1) is 0 Å². The van der Waals surface area contributed by atoms with Crippen molar-refractivity contribution in [3.05, 3.63) is 58.3 Å². The lowest BCUT2D eigenvalue weighted by atomic mass is 9.89. The molecule has 1 heterocycles. The predicted octanol–water partition coefficient (Wildman–Crippen LogP) is 3.89. The molecule has 0 aliphatic heterocycles. The van der Waals surface area contributed by atoms with E-state index in [2.05, 4.69) is 27.8 Å². The molecule has 3 nitrogen and oxygen atoms in total. The molecule has 0 radical (unpaired) electrons. The van der Waals surface area contributed by atoms with E-state index in [1.54, 1.807) is 19.3 Å². The summed E-state index contributed by atoms with van der Waals surface area (Å²) in [7, 11) is 0. The van der Waals surface area contributed by atoms with Crippen LogP contribution >= 0.6 is 15.9 Å². The van der Waals surface area contributed by atoms with E-state index in [9.17, 15) is 5.11 Å². The average molecular weight is 336 g/mol. The Balaban J connectivity index is 2.30. The van der Waals surface area contributed by atoms with E-state index < -0.39 is 5.60 Å². The molecule has 0 spiro atoms. The lowest BCUT2D eigenvalue weighted by Crippen LogP contribution is -2.23. The van der Waals surface area contributed by atoms with Crippen LogP contribution in [0.5, 0.6) is 5.75 Å². The summed E-state index contributed by atoms with van der Waals surface area (Å²) in [5.41, 5.74) is 0.433. The molecule has 1 aromatic carbocycles. The number of aliphatic hydroxyl groups is 1. The topological polar surface area (TPSA) is 42.4 Å². The van der Waals surface area contributed by atoms with Gasteiger partial charge in [0.2, 0.25) is 0 Å². The first-order valence-corrected chi connectivity index (χ1v) is 7.40. The molecule has 0 fully saturated rings. The first-order valence-electron chi connectivity index (χ1n) is 6.60. The van der Waals surface area contributed by atoms with Gasteiger partial charge in [-0.3, -0.25) is 4.98 Å². The van der Waals surface area contributed by atoms with Gasteiger partial charge in [-0.15, -0.1) is 0 Å². The number of hydrogen-bond acceptors (Lipinski definition) is 3. The molecule has 0 aliphatic rings. The number of ether oxygens (including phenoxy) is 1. The van der Waals surface area contributed by atoms with Gasteiger partial charge in [0.05, 0.1) is 12.8 Å². The van der Waals surface area contributed by atoms with Gasteiger partial charge in [-0.1, -0.05) is 35.0 Å². The first kappa shape index (κ1) is 15.0. The van der Waals surface area contributed by atoms with Gasteiger partial charge in [-0.25, -0.2) is 0 Å². The van der Waals surface area contributed by atoms with Crippen LogP contribution in [0.4, 0.5) is 0 Å². The van der Waals surface area contributed by atoms with Gasteiger partial charge in [0.15, 0.2) is 0 Å². The molecule has 20 heavy (non-hydrogen) atoms. The van der Waals surface area contributed by atoms with Crippen molar-refractivity contribution in [3.8, 4) is 5.75 Å². The molecule has 1 atom stereocenters. The highest BCUT2D eigenvalue weighted by Gasteiger charge is 2.26. The minimum Gasteiger partial charge on any atom is -0.492 e. The van der Waals surface area contributed by atoms with Crippen molar-refractivity contribution < 1.29 is 9.84 Å². The van der Waals surface area contributed by atoms with E-state index in [1.807, 2.05) is 30.3 Å². The van der Waals surface area contributed by atoms with Gasteiger partial charge >= 0.3 is 0 Å². The summed E-state index contributed by atoms with van der Waals surface area (Å²) in [5, 5.41) is 10.8. The second-order valence-electron chi connectivity index (χ2n) is 4.84. The number of aromatic nitrogens is 1. The molecule has 4 heteroatoms. The lowest BCUT2D eigenvalue weighted by molar-refractivity contribution is 0.101. The Morgan fingerprint density at radius 2 is 1.90 bits per heavy atom. The highest BCUT2D eigenvalue weighted by atomic mass is 79.9. The van der Waals surface area contributed by atoms with Gasteiger partial charge in [-0.05, 0) is 37.1 Å². The van der Waals surface area contributed by atoms with Crippen LogP contribution in [0.25, 0.3) is 0 Å². The lowest BCUT2D eigenvalue weighted by Gasteiger charge is -2.24. The van der Waals surface area contributed by atoms with Gasteiger partial charge in [0.1, 0.15) is 11.4 Å². The summed E-state index contributed by atoms with van der Waals surface area (Å²) in [6.45, 7) is 4.46. The van der Waals surface area contributed by atoms with Crippen LogP contribution in [-0.2, 0) is 5.60 Å². The van der Waals surface area contributed by atoms with Gasteiger partial charge in [-0.2, -0.15) is 0 Å². The largest absolute Gasteiger partial charge is 0.492 e. The molecule has 0 aliphatic carbocycles. The van der Waals surface area contributed by atoms with Crippen LogP contribution in [0.1, 0.15) is 31.4 Å². The maximum atomic E-state index is 10.8. The number of halogens is 1. The Labute approximate surface area is 127 Å². The summed E-state index contributed by atoms with van der Waals surface area (Å²) in [6.07, 6.45) is 4.27. The zero-order chi connectivity index (χ0) is 14.6. The van der Waals surface area contributed by atoms with Gasteiger partial charge in [0.25, 0.3) is 0 Å². The van der Waals surface area contributed by atoms with Gasteiger partial charge in [0, 0.05) is 16.2 Å². The normalized spacial score (nSPS) is 13.8. The first-order chi connectivity index (χ1) is 9.54. The smallest absolute Gasteiger partial charge is 0.137 e. The fraction of sp³-hybridized carbons (Fsp3) is 0.312. The monoisotopic (exact) mass is 335 g/mol. The zero-order valence-corrected chi connectivity index (χ0v) is 13.2. The third-order valence-corrected chi connectivity index (χ3v) is 3.68. The van der Waals surface area contributed by atoms with E-state index >= 15 is 0 Å². The average Bonchev–Trinajstić information content (AvgIpc) is 2.46. The molecule has 0 saturated heterocycles. The van der Waals surface area contributed by atoms with E-state index in [4.69, 9.17) is 4.74 Å². The van der Waals surface area contributed by atoms with Crippen LogP contribution in [-0.4, -0.2) is 16.7 Å². The highest BCUT2D eigenvalue weighted by Crippen LogP contribution is 2.31. The van der Waals surface area contributed by atoms with Crippen LogP contribution in [0.15, 0.2) is 47.2 Å². The van der Waals surface area contributed by atoms with Crippen molar-refractivity contribution >= 4 is 15.9 Å². The summed E-state index contributed by atoms with van der Waals surface area (Å²) >= 11 is 3.39. The molecule has 106 valence electrons. The predicted molar refractivity (Wildman–Crippen MR) is 82.8 cm³/mol. The third-order valence-electron chi connectivity index (χ3n) is 3.15. The van der Waals surface area contributed by atoms with Crippen molar-refractivity contribution in [1.29, 1.82) is 0 Å². The summed E-state index contributed by atoms with van der Waals surface area (Å²) in [5.74, 6) is 0.682. The SMILES string of the molecule is CCCOc1cncc(C(C)(O)c2ccc(Br)cc2)c1. The summed E-state index contributed by atoms with van der Waals surface area (Å²) in [6, 6.07) is 9.45. The standard InChI is InChI=1S/C16H18BrNO2/c1-3-8-20-15-9-13(10-18-11-15)16(2,19)12-4-6-14(17)7-5-12/h4-7,9-11,19H,3,8H2,1-2H3. The number of rotatable bonds is 5. The van der Waals surface area contributed by atoms with Crippen LogP contribution in [0.3, 0.4) is 0 Å². The summed E-state index contributed by atoms with van der Waals surface area (Å²) in [4.78, 5) is 4.15. The molecule has 0 bridgehead atoms. The van der Waals surface area contributed by atoms with Crippen molar-refractivity contribution in [1.82, 2.24) is 4.98 Å². The second kappa shape index (κ2) is 6.37. The molecular formula is C16H18BrNO2. The van der Waals surface area contributed by atoms with Crippen molar-refractivity contribution in [2.45, 2.75) is 25.9 Å². The summed E-state index contributed by atoms with van der Waals surface area (Å²) < 4.78 is 6.55. The number of nitrogens with zero attached hydrogens (tertiary/aromatic N) is 1. The molecular weight excluding hydrogens is 318 g/mol. The van der Waals surface area contributed by atoms with Crippen LogP contribution < -0.4 is 4.74 Å². The molecule has 2 aromatic rings. The minimum absolute atomic E-state index is 0.644. The van der Waals surface area contributed by atoms with E-state index in [1.165, 1.54) is 0 Å². The van der Waals surface area contributed by atoms with E-state index in [-0.39, 0.29) is 0 Å². The molecule has 0 amide bonds. The molecule has 1 N–H and O–H groups in total. The Morgan fingerprint density at radius 1 is 1.20 bits per heavy atom. The Bertz CT molecular complexity index is 567. The van der Waals surface area contributed by atoms with Crippen molar-refractivity contribution in [3.63, 3.8) is 0 Å². The Kier molecular flexibility index (Phi) is 4.78. The maximum Gasteiger partial charge on any atom is 0.137 e. The van der Waals surface area contributed by atoms with E-state index in [0.717, 1.165) is 16.5 Å². The maximum absolute atomic E-state index is 10.8. The zero-order valence-electron chi connectivity index (χ0n) is 11.6. The number of hydrogen-bond donors (Lipinski definition) is 1. The van der Waals surface area contributed by atoms with Crippen molar-refractivity contribution in [2.75, 3.05) is 6.61 Å². The third kappa shape index (κ3) is 3.38. The number of pyridine rings is 1. The molecule has 1 unspecified atom stereocenters. The quantitative estimate of drug-likeness (QED) is 0.901. The fourth-order valence-electron chi connectivity index (χ4n) is 1.92. The Morgan fingerprint density at radius 3 is 2.55 bits per heavy atom. The Hall–Kier alpha value is -1.39. The molecule has 1 aromatic heterocycles. The molecule has 0 saturated carbocycles. The van der Waals surface area contributed by atoms with Crippen molar-refractivity contribution in [2.24, 2.45) is 0 Å². The van der Waals surface area contributed by atoms with Crippen LogP contribution in [0.2, 0.25) is 0 Å². The fourth-order valence-corrected chi connectivity index (χ4v) is 2.19. The van der Waals surface area contributed by atoms with E-state index in [0.29, 0.717) is 17.9 Å². The molecule has 2 rings (SSSR count). The second-order valence-corrected chi connectivity index (χ2v) is 5.75. The highest BCUT2D eigenvalue weighted by molar-refractivity contribution is 9.10. The minimum atomic E-state index is -1.10.